The average molecular weight is 275 g/mol. The summed E-state index contributed by atoms with van der Waals surface area (Å²) in [6, 6.07) is 13.8. The number of fused-ring (bicyclic) bond motifs is 2. The monoisotopic (exact) mass is 274 g/mol. The van der Waals surface area contributed by atoms with Crippen LogP contribution in [0.5, 0.6) is 0 Å². The maximum absolute atomic E-state index is 12.1. The van der Waals surface area contributed by atoms with E-state index in [0.29, 0.717) is 11.4 Å². The molecular formula is C15H11ClOS. The minimum Gasteiger partial charge on any atom is -0.294 e. The number of carbonyl (C=O) groups excluding carboxylic acids is 1. The topological polar surface area (TPSA) is 17.1 Å². The van der Waals surface area contributed by atoms with Crippen LogP contribution in [0.1, 0.15) is 22.3 Å². The molecule has 0 saturated heterocycles. The van der Waals surface area contributed by atoms with Crippen molar-refractivity contribution in [3.8, 4) is 0 Å². The van der Waals surface area contributed by atoms with Crippen LogP contribution in [-0.2, 0) is 6.42 Å². The molecule has 0 fully saturated rings. The molecule has 0 spiro atoms. The van der Waals surface area contributed by atoms with Crippen molar-refractivity contribution in [2.75, 3.05) is 0 Å². The predicted molar refractivity (Wildman–Crippen MR) is 74.7 cm³/mol. The summed E-state index contributed by atoms with van der Waals surface area (Å²) in [5.41, 5.74) is 2.00. The van der Waals surface area contributed by atoms with Crippen LogP contribution in [0.15, 0.2) is 52.3 Å². The van der Waals surface area contributed by atoms with Gasteiger partial charge in [0.1, 0.15) is 0 Å². The van der Waals surface area contributed by atoms with Crippen molar-refractivity contribution in [1.82, 2.24) is 0 Å². The second-order valence-electron chi connectivity index (χ2n) is 4.27. The smallest absolute Gasteiger partial charge is 0.164 e. The number of Topliss-reactive ketones (excluding diaryl/α,β-unsaturated/α-hetero) is 1. The van der Waals surface area contributed by atoms with Gasteiger partial charge in [0, 0.05) is 26.8 Å². The number of ketones is 1. The third-order valence-corrected chi connectivity index (χ3v) is 4.49. The molecule has 0 aliphatic carbocycles. The molecule has 0 bridgehead atoms. The first-order valence-corrected chi connectivity index (χ1v) is 7.02. The molecule has 3 rings (SSSR count). The Hall–Kier alpha value is -1.25. The summed E-state index contributed by atoms with van der Waals surface area (Å²) >= 11 is 7.62. The number of hydrogen-bond acceptors (Lipinski definition) is 2. The lowest BCUT2D eigenvalue weighted by Crippen LogP contribution is -2.06. The highest BCUT2D eigenvalue weighted by Crippen LogP contribution is 2.37. The van der Waals surface area contributed by atoms with Gasteiger partial charge in [0.05, 0.1) is 0 Å². The van der Waals surface area contributed by atoms with E-state index in [4.69, 9.17) is 11.6 Å². The van der Waals surface area contributed by atoms with E-state index in [1.807, 2.05) is 24.3 Å². The van der Waals surface area contributed by atoms with Gasteiger partial charge in [-0.1, -0.05) is 41.6 Å². The summed E-state index contributed by atoms with van der Waals surface area (Å²) in [6.07, 6.45) is 1.35. The highest BCUT2D eigenvalue weighted by molar-refractivity contribution is 7.99. The molecule has 90 valence electrons. The van der Waals surface area contributed by atoms with Gasteiger partial charge in [-0.05, 0) is 36.2 Å². The molecular weight excluding hydrogens is 264 g/mol. The lowest BCUT2D eigenvalue weighted by atomic mass is 10.0. The Kier molecular flexibility index (Phi) is 3.14. The summed E-state index contributed by atoms with van der Waals surface area (Å²) in [6.45, 7) is 0. The minimum atomic E-state index is 0.175. The van der Waals surface area contributed by atoms with Crippen molar-refractivity contribution in [2.45, 2.75) is 22.6 Å². The minimum absolute atomic E-state index is 0.175. The van der Waals surface area contributed by atoms with Crippen LogP contribution in [0.4, 0.5) is 0 Å². The van der Waals surface area contributed by atoms with Crippen molar-refractivity contribution < 1.29 is 4.79 Å². The van der Waals surface area contributed by atoms with E-state index in [-0.39, 0.29) is 5.78 Å². The number of hydrogen-bond donors (Lipinski definition) is 0. The Bertz CT molecular complexity index is 622. The Labute approximate surface area is 115 Å². The third-order valence-electron chi connectivity index (χ3n) is 3.06. The molecule has 1 aliphatic heterocycles. The first-order chi connectivity index (χ1) is 8.74. The van der Waals surface area contributed by atoms with Gasteiger partial charge in [-0.25, -0.2) is 0 Å². The van der Waals surface area contributed by atoms with Gasteiger partial charge >= 0.3 is 0 Å². The first kappa shape index (κ1) is 11.8. The molecule has 0 amide bonds. The van der Waals surface area contributed by atoms with Gasteiger partial charge in [0.25, 0.3) is 0 Å². The van der Waals surface area contributed by atoms with Crippen molar-refractivity contribution >= 4 is 29.1 Å². The Morgan fingerprint density at radius 1 is 1.00 bits per heavy atom. The van der Waals surface area contributed by atoms with Gasteiger partial charge in [-0.15, -0.1) is 0 Å². The van der Waals surface area contributed by atoms with E-state index in [1.165, 1.54) is 10.5 Å². The fourth-order valence-corrected chi connectivity index (χ4v) is 3.40. The van der Waals surface area contributed by atoms with Gasteiger partial charge in [-0.3, -0.25) is 4.79 Å². The molecule has 0 saturated carbocycles. The molecule has 3 heteroatoms. The van der Waals surface area contributed by atoms with Gasteiger partial charge in [0.15, 0.2) is 5.78 Å². The Morgan fingerprint density at radius 2 is 1.83 bits per heavy atom. The normalized spacial score (nSPS) is 14.4. The molecule has 2 aromatic carbocycles. The Balaban J connectivity index is 2.13. The quantitative estimate of drug-likeness (QED) is 0.697. The number of carbonyl (C=O) groups is 1. The van der Waals surface area contributed by atoms with Crippen LogP contribution in [-0.4, -0.2) is 5.78 Å². The molecule has 1 nitrogen and oxygen atoms in total. The Morgan fingerprint density at radius 3 is 2.72 bits per heavy atom. The van der Waals surface area contributed by atoms with Crippen LogP contribution < -0.4 is 0 Å². The molecule has 2 aromatic rings. The lowest BCUT2D eigenvalue weighted by Gasteiger charge is -2.15. The fourth-order valence-electron chi connectivity index (χ4n) is 2.12. The summed E-state index contributed by atoms with van der Waals surface area (Å²) in [7, 11) is 0. The van der Waals surface area contributed by atoms with Crippen molar-refractivity contribution in [3.05, 3.63) is 58.6 Å². The maximum atomic E-state index is 12.1. The van der Waals surface area contributed by atoms with Crippen LogP contribution in [0.2, 0.25) is 5.02 Å². The zero-order valence-corrected chi connectivity index (χ0v) is 11.2. The second-order valence-corrected chi connectivity index (χ2v) is 5.79. The average Bonchev–Trinajstić information content (AvgIpc) is 2.37. The molecule has 0 atom stereocenters. The van der Waals surface area contributed by atoms with Crippen molar-refractivity contribution in [3.63, 3.8) is 0 Å². The standard InChI is InChI=1S/C15H11ClOS/c16-11-6-8-15-12(9-11)13(17)7-5-10-3-1-2-4-14(10)18-15/h1-4,6,8-9H,5,7H2. The molecule has 18 heavy (non-hydrogen) atoms. The van der Waals surface area contributed by atoms with E-state index < -0.39 is 0 Å². The fraction of sp³-hybridized carbons (Fsp3) is 0.133. The van der Waals surface area contributed by atoms with Crippen LogP contribution in [0.3, 0.4) is 0 Å². The zero-order chi connectivity index (χ0) is 12.5. The van der Waals surface area contributed by atoms with Crippen molar-refractivity contribution in [2.24, 2.45) is 0 Å². The van der Waals surface area contributed by atoms with E-state index in [9.17, 15) is 4.79 Å². The van der Waals surface area contributed by atoms with Crippen LogP contribution in [0.25, 0.3) is 0 Å². The van der Waals surface area contributed by atoms with Crippen LogP contribution in [0, 0.1) is 0 Å². The first-order valence-electron chi connectivity index (χ1n) is 5.82. The molecule has 1 heterocycles. The molecule has 0 N–H and O–H groups in total. The number of halogens is 1. The van der Waals surface area contributed by atoms with Gasteiger partial charge < -0.3 is 0 Å². The second kappa shape index (κ2) is 4.79. The highest BCUT2D eigenvalue weighted by Gasteiger charge is 2.18. The van der Waals surface area contributed by atoms with E-state index in [2.05, 4.69) is 12.1 Å². The molecule has 0 aromatic heterocycles. The summed E-state index contributed by atoms with van der Waals surface area (Å²) < 4.78 is 0. The molecule has 0 unspecified atom stereocenters. The molecule has 1 aliphatic rings. The summed E-state index contributed by atoms with van der Waals surface area (Å²) in [5, 5.41) is 0.622. The summed E-state index contributed by atoms with van der Waals surface area (Å²) in [5.74, 6) is 0.175. The van der Waals surface area contributed by atoms with Gasteiger partial charge in [0.2, 0.25) is 0 Å². The van der Waals surface area contributed by atoms with Crippen LogP contribution >= 0.6 is 23.4 Å². The highest BCUT2D eigenvalue weighted by atomic mass is 35.5. The van der Waals surface area contributed by atoms with Gasteiger partial charge in [-0.2, -0.15) is 0 Å². The third kappa shape index (κ3) is 2.18. The maximum Gasteiger partial charge on any atom is 0.164 e. The number of rotatable bonds is 0. The van der Waals surface area contributed by atoms with E-state index in [1.54, 1.807) is 17.8 Å². The molecule has 0 radical (unpaired) electrons. The SMILES string of the molecule is O=C1CCc2ccccc2Sc2ccc(Cl)cc21. The lowest BCUT2D eigenvalue weighted by molar-refractivity contribution is 0.0979. The zero-order valence-electron chi connectivity index (χ0n) is 9.65. The summed E-state index contributed by atoms with van der Waals surface area (Å²) in [4.78, 5) is 14.4. The number of benzene rings is 2. The largest absolute Gasteiger partial charge is 0.294 e. The van der Waals surface area contributed by atoms with E-state index in [0.717, 1.165) is 16.9 Å². The van der Waals surface area contributed by atoms with E-state index >= 15 is 0 Å². The van der Waals surface area contributed by atoms with Crippen molar-refractivity contribution in [1.29, 1.82) is 0 Å². The predicted octanol–water partition coefficient (Wildman–Crippen LogP) is 4.62. The number of aryl methyl sites for hydroxylation is 1.